The van der Waals surface area contributed by atoms with Crippen molar-refractivity contribution in [2.75, 3.05) is 11.8 Å². The molecule has 1 N–H and O–H groups in total. The first kappa shape index (κ1) is 16.9. The molecule has 0 radical (unpaired) electrons. The minimum Gasteiger partial charge on any atom is -0.496 e. The molecule has 0 aliphatic heterocycles. The maximum absolute atomic E-state index is 12.3. The van der Waals surface area contributed by atoms with Crippen LogP contribution in [0.4, 0.5) is 5.69 Å². The molecule has 4 nitrogen and oxygen atoms in total. The molecule has 0 saturated heterocycles. The van der Waals surface area contributed by atoms with Gasteiger partial charge in [0.2, 0.25) is 0 Å². The van der Waals surface area contributed by atoms with E-state index in [-0.39, 0.29) is 4.90 Å². The second-order valence-electron chi connectivity index (χ2n) is 4.03. The second kappa shape index (κ2) is 6.72. The number of rotatable bonds is 4. The van der Waals surface area contributed by atoms with E-state index in [1.807, 2.05) is 22.6 Å². The molecule has 0 heterocycles. The summed E-state index contributed by atoms with van der Waals surface area (Å²) in [5.41, 5.74) is 0.397. The first-order chi connectivity index (χ1) is 9.83. The van der Waals surface area contributed by atoms with Gasteiger partial charge < -0.3 is 4.74 Å². The van der Waals surface area contributed by atoms with Crippen LogP contribution in [0.15, 0.2) is 45.8 Å². The van der Waals surface area contributed by atoms with Crippen molar-refractivity contribution >= 4 is 65.8 Å². The largest absolute Gasteiger partial charge is 0.496 e. The summed E-state index contributed by atoms with van der Waals surface area (Å²) in [7, 11) is -2.14. The summed E-state index contributed by atoms with van der Waals surface area (Å²) < 4.78 is 33.7. The van der Waals surface area contributed by atoms with E-state index in [2.05, 4.69) is 20.7 Å². The molecule has 0 spiro atoms. The van der Waals surface area contributed by atoms with Gasteiger partial charge in [0.25, 0.3) is 10.0 Å². The number of halogens is 3. The zero-order valence-electron chi connectivity index (χ0n) is 10.7. The molecule has 0 amide bonds. The van der Waals surface area contributed by atoms with Crippen LogP contribution in [0.5, 0.6) is 5.75 Å². The molecule has 0 saturated carbocycles. The summed E-state index contributed by atoms with van der Waals surface area (Å²) in [6, 6.07) is 9.49. The van der Waals surface area contributed by atoms with Crippen molar-refractivity contribution in [3.05, 3.63) is 49.5 Å². The molecule has 2 rings (SSSR count). The van der Waals surface area contributed by atoms with Crippen LogP contribution in [0.3, 0.4) is 0 Å². The zero-order valence-corrected chi connectivity index (χ0v) is 16.0. The summed E-state index contributed by atoms with van der Waals surface area (Å²) in [6.07, 6.45) is 0. The third-order valence-electron chi connectivity index (χ3n) is 2.61. The Morgan fingerprint density at radius 1 is 1.24 bits per heavy atom. The van der Waals surface area contributed by atoms with Gasteiger partial charge >= 0.3 is 0 Å². The molecule has 0 aliphatic carbocycles. The summed E-state index contributed by atoms with van der Waals surface area (Å²) >= 11 is 11.2. The molecule has 0 fully saturated rings. The fourth-order valence-electron chi connectivity index (χ4n) is 1.59. The Kier molecular flexibility index (Phi) is 5.39. The maximum atomic E-state index is 12.3. The Morgan fingerprint density at radius 2 is 1.95 bits per heavy atom. The molecule has 0 aliphatic rings. The molecular weight excluding hydrogens is 492 g/mol. The Labute approximate surface area is 150 Å². The minimum atomic E-state index is -3.67. The summed E-state index contributed by atoms with van der Waals surface area (Å²) in [5.74, 6) is 0.626. The van der Waals surface area contributed by atoms with E-state index in [9.17, 15) is 8.42 Å². The third kappa shape index (κ3) is 4.02. The van der Waals surface area contributed by atoms with Gasteiger partial charge in [-0.2, -0.15) is 0 Å². The summed E-state index contributed by atoms with van der Waals surface area (Å²) in [6.45, 7) is 0. The van der Waals surface area contributed by atoms with Crippen molar-refractivity contribution in [2.45, 2.75) is 4.90 Å². The molecule has 0 atom stereocenters. The number of anilines is 1. The molecule has 112 valence electrons. The SMILES string of the molecule is COc1ccc(S(=O)(=O)Nc2ccc(Br)c(Cl)c2)cc1I. The number of ether oxygens (including phenoxy) is 1. The molecule has 0 bridgehead atoms. The number of hydrogen-bond donors (Lipinski definition) is 1. The van der Waals surface area contributed by atoms with Gasteiger partial charge in [-0.3, -0.25) is 4.72 Å². The van der Waals surface area contributed by atoms with Gasteiger partial charge in [-0.25, -0.2) is 8.42 Å². The molecule has 21 heavy (non-hydrogen) atoms. The van der Waals surface area contributed by atoms with Crippen molar-refractivity contribution in [3.63, 3.8) is 0 Å². The first-order valence-corrected chi connectivity index (χ1v) is 9.38. The zero-order chi connectivity index (χ0) is 15.6. The van der Waals surface area contributed by atoms with Gasteiger partial charge in [0.1, 0.15) is 5.75 Å². The van der Waals surface area contributed by atoms with Crippen LogP contribution < -0.4 is 9.46 Å². The van der Waals surface area contributed by atoms with Crippen LogP contribution >= 0.6 is 50.1 Å². The van der Waals surface area contributed by atoms with Gasteiger partial charge in [-0.15, -0.1) is 0 Å². The van der Waals surface area contributed by atoms with E-state index in [1.165, 1.54) is 19.2 Å². The molecule has 8 heteroatoms. The van der Waals surface area contributed by atoms with Crippen LogP contribution in [0.1, 0.15) is 0 Å². The molecule has 2 aromatic carbocycles. The topological polar surface area (TPSA) is 55.4 Å². The number of hydrogen-bond acceptors (Lipinski definition) is 3. The second-order valence-corrected chi connectivity index (χ2v) is 8.14. The molecular formula is C13H10BrClINO3S. The molecule has 2 aromatic rings. The fraction of sp³-hybridized carbons (Fsp3) is 0.0769. The van der Waals surface area contributed by atoms with Crippen LogP contribution in [0.25, 0.3) is 0 Å². The van der Waals surface area contributed by atoms with Crippen LogP contribution in [0.2, 0.25) is 5.02 Å². The van der Waals surface area contributed by atoms with Crippen molar-refractivity contribution in [2.24, 2.45) is 0 Å². The number of sulfonamides is 1. The monoisotopic (exact) mass is 501 g/mol. The predicted octanol–water partition coefficient (Wildman–Crippen LogP) is 4.52. The van der Waals surface area contributed by atoms with E-state index in [0.29, 0.717) is 24.5 Å². The lowest BCUT2D eigenvalue weighted by Gasteiger charge is -2.10. The van der Waals surface area contributed by atoms with Crippen molar-refractivity contribution < 1.29 is 13.2 Å². The van der Waals surface area contributed by atoms with E-state index in [4.69, 9.17) is 16.3 Å². The third-order valence-corrected chi connectivity index (χ3v) is 6.06. The summed E-state index contributed by atoms with van der Waals surface area (Å²) in [5, 5.41) is 0.430. The number of methoxy groups -OCH3 is 1. The highest BCUT2D eigenvalue weighted by atomic mass is 127. The fourth-order valence-corrected chi connectivity index (χ4v) is 4.04. The van der Waals surface area contributed by atoms with Crippen LogP contribution in [-0.4, -0.2) is 15.5 Å². The number of nitrogens with one attached hydrogen (secondary N) is 1. The Hall–Kier alpha value is -0.510. The average molecular weight is 503 g/mol. The van der Waals surface area contributed by atoms with Crippen LogP contribution in [-0.2, 0) is 10.0 Å². The Morgan fingerprint density at radius 3 is 2.52 bits per heavy atom. The highest BCUT2D eigenvalue weighted by Crippen LogP contribution is 2.28. The van der Waals surface area contributed by atoms with Gasteiger partial charge in [-0.1, -0.05) is 11.6 Å². The van der Waals surface area contributed by atoms with Crippen LogP contribution in [0, 0.1) is 3.57 Å². The predicted molar refractivity (Wildman–Crippen MR) is 95.7 cm³/mol. The highest BCUT2D eigenvalue weighted by Gasteiger charge is 2.16. The van der Waals surface area contributed by atoms with Crippen molar-refractivity contribution in [1.29, 1.82) is 0 Å². The number of benzene rings is 2. The lowest BCUT2D eigenvalue weighted by atomic mass is 10.3. The van der Waals surface area contributed by atoms with E-state index >= 15 is 0 Å². The lowest BCUT2D eigenvalue weighted by Crippen LogP contribution is -2.13. The lowest BCUT2D eigenvalue weighted by molar-refractivity contribution is 0.411. The molecule has 0 unspecified atom stereocenters. The standard InChI is InChI=1S/C13H10BrClINO3S/c1-20-13-5-3-9(7-12(13)16)21(18,19)17-8-2-4-10(14)11(15)6-8/h2-7,17H,1H3. The smallest absolute Gasteiger partial charge is 0.261 e. The van der Waals surface area contributed by atoms with Gasteiger partial charge in [-0.05, 0) is 74.9 Å². The summed E-state index contributed by atoms with van der Waals surface area (Å²) in [4.78, 5) is 0.159. The maximum Gasteiger partial charge on any atom is 0.261 e. The van der Waals surface area contributed by atoms with Gasteiger partial charge in [0.05, 0.1) is 26.3 Å². The average Bonchev–Trinajstić information content (AvgIpc) is 2.42. The van der Waals surface area contributed by atoms with Crippen molar-refractivity contribution in [1.82, 2.24) is 0 Å². The van der Waals surface area contributed by atoms with E-state index in [0.717, 1.165) is 0 Å². The highest BCUT2D eigenvalue weighted by molar-refractivity contribution is 14.1. The molecule has 0 aromatic heterocycles. The minimum absolute atomic E-state index is 0.159. The van der Waals surface area contributed by atoms with Crippen molar-refractivity contribution in [3.8, 4) is 5.75 Å². The normalized spacial score (nSPS) is 11.2. The quantitative estimate of drug-likeness (QED) is 0.626. The van der Waals surface area contributed by atoms with Gasteiger partial charge in [0.15, 0.2) is 0 Å². The van der Waals surface area contributed by atoms with E-state index < -0.39 is 10.0 Å². The first-order valence-electron chi connectivity index (χ1n) is 5.65. The Balaban J connectivity index is 2.33. The van der Waals surface area contributed by atoms with Gasteiger partial charge in [0, 0.05) is 4.47 Å². The Bertz CT molecular complexity index is 783. The van der Waals surface area contributed by atoms with E-state index in [1.54, 1.807) is 24.3 Å².